The van der Waals surface area contributed by atoms with Crippen LogP contribution >= 0.6 is 0 Å². The fourth-order valence-electron chi connectivity index (χ4n) is 1.23. The molecule has 1 aromatic heterocycles. The first-order valence-corrected chi connectivity index (χ1v) is 4.68. The molecule has 6 nitrogen and oxygen atoms in total. The maximum absolute atomic E-state index is 8.26. The summed E-state index contributed by atoms with van der Waals surface area (Å²) < 4.78 is 1.80. The Bertz CT molecular complexity index is 347. The largest absolute Gasteiger partial charge is 0.249 e. The molecule has 0 radical (unpaired) electrons. The zero-order valence-electron chi connectivity index (χ0n) is 8.67. The van der Waals surface area contributed by atoms with Crippen molar-refractivity contribution in [1.29, 1.82) is 0 Å². The summed E-state index contributed by atoms with van der Waals surface area (Å²) in [6, 6.07) is 0. The highest BCUT2D eigenvalue weighted by atomic mass is 15.4. The first kappa shape index (κ1) is 10.5. The Kier molecular flexibility index (Phi) is 3.48. The molecule has 0 amide bonds. The average Bonchev–Trinajstić information content (AvgIpc) is 2.49. The Morgan fingerprint density at radius 3 is 2.79 bits per heavy atom. The van der Waals surface area contributed by atoms with Crippen molar-refractivity contribution in [1.82, 2.24) is 14.8 Å². The molecule has 0 atom stereocenters. The lowest BCUT2D eigenvalue weighted by Gasteiger charge is -2.05. The summed E-state index contributed by atoms with van der Waals surface area (Å²) in [6.45, 7) is 6.95. The number of aromatic nitrogens is 3. The zero-order chi connectivity index (χ0) is 10.6. The third-order valence-corrected chi connectivity index (χ3v) is 1.78. The van der Waals surface area contributed by atoms with E-state index in [9.17, 15) is 0 Å². The molecule has 0 fully saturated rings. The van der Waals surface area contributed by atoms with Crippen molar-refractivity contribution in [3.63, 3.8) is 0 Å². The second-order valence-electron chi connectivity index (χ2n) is 3.34. The molecule has 14 heavy (non-hydrogen) atoms. The Balaban J connectivity index is 3.05. The summed E-state index contributed by atoms with van der Waals surface area (Å²) in [6.07, 6.45) is 0.985. The minimum Gasteiger partial charge on any atom is -0.249 e. The van der Waals surface area contributed by atoms with E-state index in [1.165, 1.54) is 0 Å². The van der Waals surface area contributed by atoms with Crippen molar-refractivity contribution >= 4 is 5.95 Å². The van der Waals surface area contributed by atoms with E-state index in [1.54, 1.807) is 4.68 Å². The van der Waals surface area contributed by atoms with Crippen LogP contribution in [0.2, 0.25) is 0 Å². The maximum Gasteiger partial charge on any atom is 0.238 e. The smallest absolute Gasteiger partial charge is 0.238 e. The molecule has 1 aromatic rings. The fourth-order valence-corrected chi connectivity index (χ4v) is 1.23. The third-order valence-electron chi connectivity index (χ3n) is 1.78. The lowest BCUT2D eigenvalue weighted by atomic mass is 10.2. The summed E-state index contributed by atoms with van der Waals surface area (Å²) in [5, 5.41) is 7.49. The van der Waals surface area contributed by atoms with Gasteiger partial charge in [0.2, 0.25) is 5.95 Å². The van der Waals surface area contributed by atoms with E-state index in [-0.39, 0.29) is 11.9 Å². The van der Waals surface area contributed by atoms with Gasteiger partial charge in [0.15, 0.2) is 0 Å². The van der Waals surface area contributed by atoms with Crippen LogP contribution in [0.3, 0.4) is 0 Å². The van der Waals surface area contributed by atoms with Gasteiger partial charge in [0.25, 0.3) is 0 Å². The Hall–Kier alpha value is -1.55. The normalized spacial score (nSPS) is 10.3. The highest BCUT2D eigenvalue weighted by Crippen LogP contribution is 2.16. The number of hydrogen-bond acceptors (Lipinski definition) is 3. The Morgan fingerprint density at radius 1 is 1.57 bits per heavy atom. The van der Waals surface area contributed by atoms with Gasteiger partial charge in [-0.1, -0.05) is 20.8 Å². The van der Waals surface area contributed by atoms with Gasteiger partial charge in [-0.2, -0.15) is 0 Å². The summed E-state index contributed by atoms with van der Waals surface area (Å²) in [7, 11) is 0. The summed E-state index contributed by atoms with van der Waals surface area (Å²) >= 11 is 0. The van der Waals surface area contributed by atoms with Gasteiger partial charge in [-0.3, -0.25) is 0 Å². The van der Waals surface area contributed by atoms with Gasteiger partial charge < -0.3 is 0 Å². The molecule has 0 bridgehead atoms. The van der Waals surface area contributed by atoms with Gasteiger partial charge in [0.1, 0.15) is 5.82 Å². The SMILES string of the molecule is CCCn1nc(N=[N+]=[N-])nc1C(C)C. The minimum absolute atomic E-state index is 0.213. The molecule has 0 saturated carbocycles. The van der Waals surface area contributed by atoms with Crippen LogP contribution in [-0.2, 0) is 6.54 Å². The fraction of sp³-hybridized carbons (Fsp3) is 0.750. The van der Waals surface area contributed by atoms with Crippen molar-refractivity contribution in [3.05, 3.63) is 16.3 Å². The summed E-state index contributed by atoms with van der Waals surface area (Å²) in [5.41, 5.74) is 8.26. The van der Waals surface area contributed by atoms with E-state index in [0.29, 0.717) is 0 Å². The predicted octanol–water partition coefficient (Wildman–Crippen LogP) is 2.75. The first-order chi connectivity index (χ1) is 6.69. The van der Waals surface area contributed by atoms with E-state index in [4.69, 9.17) is 5.53 Å². The molecule has 0 aromatic carbocycles. The van der Waals surface area contributed by atoms with Crippen LogP contribution in [0.15, 0.2) is 5.11 Å². The molecule has 0 aliphatic rings. The van der Waals surface area contributed by atoms with Gasteiger partial charge in [0, 0.05) is 17.4 Å². The number of rotatable bonds is 4. The number of hydrogen-bond donors (Lipinski definition) is 0. The molecule has 1 rings (SSSR count). The van der Waals surface area contributed by atoms with Crippen molar-refractivity contribution in [3.8, 4) is 0 Å². The van der Waals surface area contributed by atoms with Crippen molar-refractivity contribution in [2.45, 2.75) is 39.7 Å². The zero-order valence-corrected chi connectivity index (χ0v) is 8.67. The number of aryl methyl sites for hydroxylation is 1. The van der Waals surface area contributed by atoms with Crippen molar-refractivity contribution in [2.24, 2.45) is 5.11 Å². The van der Waals surface area contributed by atoms with Gasteiger partial charge in [0.05, 0.1) is 0 Å². The Morgan fingerprint density at radius 2 is 2.29 bits per heavy atom. The predicted molar refractivity (Wildman–Crippen MR) is 53.2 cm³/mol. The van der Waals surface area contributed by atoms with Gasteiger partial charge in [-0.25, -0.2) is 9.67 Å². The van der Waals surface area contributed by atoms with E-state index >= 15 is 0 Å². The lowest BCUT2D eigenvalue weighted by molar-refractivity contribution is 0.551. The Labute approximate surface area is 82.6 Å². The van der Waals surface area contributed by atoms with Crippen LogP contribution in [0.4, 0.5) is 5.95 Å². The minimum atomic E-state index is 0.213. The second-order valence-corrected chi connectivity index (χ2v) is 3.34. The molecule has 0 aliphatic heterocycles. The van der Waals surface area contributed by atoms with E-state index in [0.717, 1.165) is 18.8 Å². The molecular weight excluding hydrogens is 180 g/mol. The van der Waals surface area contributed by atoms with Crippen LogP contribution < -0.4 is 0 Å². The van der Waals surface area contributed by atoms with E-state index < -0.39 is 0 Å². The number of azide groups is 1. The highest BCUT2D eigenvalue weighted by Gasteiger charge is 2.11. The number of nitrogens with zero attached hydrogens (tertiary/aromatic N) is 6. The highest BCUT2D eigenvalue weighted by molar-refractivity contribution is 5.14. The van der Waals surface area contributed by atoms with Gasteiger partial charge in [-0.05, 0) is 17.1 Å². The van der Waals surface area contributed by atoms with Crippen molar-refractivity contribution < 1.29 is 0 Å². The lowest BCUT2D eigenvalue weighted by Crippen LogP contribution is -2.06. The van der Waals surface area contributed by atoms with Crippen LogP contribution in [0.5, 0.6) is 0 Å². The molecule has 76 valence electrons. The quantitative estimate of drug-likeness (QED) is 0.419. The summed E-state index contributed by atoms with van der Waals surface area (Å²) in [5.74, 6) is 1.37. The van der Waals surface area contributed by atoms with Crippen LogP contribution in [0.1, 0.15) is 38.9 Å². The molecule has 0 unspecified atom stereocenters. The molecule has 0 saturated heterocycles. The third kappa shape index (κ3) is 2.23. The van der Waals surface area contributed by atoms with Crippen LogP contribution in [0, 0.1) is 0 Å². The van der Waals surface area contributed by atoms with Crippen LogP contribution in [-0.4, -0.2) is 14.8 Å². The average molecular weight is 194 g/mol. The molecule has 0 aliphatic carbocycles. The molecule has 0 N–H and O–H groups in total. The maximum atomic E-state index is 8.26. The molecule has 1 heterocycles. The van der Waals surface area contributed by atoms with Crippen LogP contribution in [0.25, 0.3) is 10.4 Å². The van der Waals surface area contributed by atoms with Crippen molar-refractivity contribution in [2.75, 3.05) is 0 Å². The second kappa shape index (κ2) is 4.62. The summed E-state index contributed by atoms with van der Waals surface area (Å²) in [4.78, 5) is 6.82. The van der Waals surface area contributed by atoms with E-state index in [1.807, 2.05) is 13.8 Å². The van der Waals surface area contributed by atoms with Gasteiger partial charge in [-0.15, -0.1) is 5.10 Å². The monoisotopic (exact) mass is 194 g/mol. The van der Waals surface area contributed by atoms with Gasteiger partial charge >= 0.3 is 0 Å². The topological polar surface area (TPSA) is 79.5 Å². The van der Waals surface area contributed by atoms with E-state index in [2.05, 4.69) is 27.0 Å². The first-order valence-electron chi connectivity index (χ1n) is 4.68. The molecule has 0 spiro atoms. The molecule has 6 heteroatoms. The molecular formula is C8H14N6. The standard InChI is InChI=1S/C8H14N6/c1-4-5-14-7(6(2)3)10-8(12-14)11-13-9/h6H,4-5H2,1-3H3.